The van der Waals surface area contributed by atoms with E-state index in [0.717, 1.165) is 0 Å². The molecule has 1 amide bonds. The van der Waals surface area contributed by atoms with Crippen molar-refractivity contribution >= 4 is 5.91 Å². The highest BCUT2D eigenvalue weighted by Crippen LogP contribution is 2.37. The summed E-state index contributed by atoms with van der Waals surface area (Å²) >= 11 is 0. The van der Waals surface area contributed by atoms with Gasteiger partial charge in [-0.1, -0.05) is 27.2 Å². The van der Waals surface area contributed by atoms with Gasteiger partial charge in [0.25, 0.3) is 0 Å². The topological polar surface area (TPSA) is 29.1 Å². The van der Waals surface area contributed by atoms with Crippen molar-refractivity contribution in [3.63, 3.8) is 0 Å². The minimum atomic E-state index is -4.13. The van der Waals surface area contributed by atoms with Crippen molar-refractivity contribution in [3.05, 3.63) is 0 Å². The minimum absolute atomic E-state index is 0.0192. The molecule has 1 N–H and O–H groups in total. The standard InChI is InChI=1S/C12H20F3NO/c1-11(2,3)10(17)16-9-6-4-5-8(7-9)12(13,14)15/h8-9H,4-7H2,1-3H3,(H,16,17)/t8-,9-/m0/s1. The van der Waals surface area contributed by atoms with E-state index >= 15 is 0 Å². The summed E-state index contributed by atoms with van der Waals surface area (Å²) in [4.78, 5) is 11.7. The molecule has 5 heteroatoms. The van der Waals surface area contributed by atoms with Crippen LogP contribution in [0.2, 0.25) is 0 Å². The Morgan fingerprint density at radius 3 is 2.24 bits per heavy atom. The second kappa shape index (κ2) is 4.86. The Hall–Kier alpha value is -0.740. The van der Waals surface area contributed by atoms with Gasteiger partial charge in [-0.2, -0.15) is 13.2 Å². The zero-order valence-corrected chi connectivity index (χ0v) is 10.5. The van der Waals surface area contributed by atoms with Crippen LogP contribution in [0.15, 0.2) is 0 Å². The first-order valence-corrected chi connectivity index (χ1v) is 5.98. The molecule has 1 fully saturated rings. The molecule has 0 aromatic carbocycles. The van der Waals surface area contributed by atoms with Gasteiger partial charge >= 0.3 is 6.18 Å². The summed E-state index contributed by atoms with van der Waals surface area (Å²) < 4.78 is 37.7. The van der Waals surface area contributed by atoms with Crippen LogP contribution in [0.1, 0.15) is 46.5 Å². The molecule has 17 heavy (non-hydrogen) atoms. The van der Waals surface area contributed by atoms with Gasteiger partial charge in [0.05, 0.1) is 5.92 Å². The second-order valence-corrected chi connectivity index (χ2v) is 5.83. The van der Waals surface area contributed by atoms with Crippen molar-refractivity contribution in [3.8, 4) is 0 Å². The second-order valence-electron chi connectivity index (χ2n) is 5.83. The summed E-state index contributed by atoms with van der Waals surface area (Å²) in [6.07, 6.45) is -2.75. The summed E-state index contributed by atoms with van der Waals surface area (Å²) in [6, 6.07) is -0.331. The van der Waals surface area contributed by atoms with E-state index < -0.39 is 17.5 Å². The lowest BCUT2D eigenvalue weighted by atomic mass is 9.84. The SMILES string of the molecule is CC(C)(C)C(=O)N[C@H]1CCC[C@H](C(F)(F)F)C1. The largest absolute Gasteiger partial charge is 0.391 e. The summed E-state index contributed by atoms with van der Waals surface area (Å²) in [7, 11) is 0. The Balaban J connectivity index is 2.54. The van der Waals surface area contributed by atoms with Crippen molar-refractivity contribution in [1.29, 1.82) is 0 Å². The van der Waals surface area contributed by atoms with Crippen LogP contribution < -0.4 is 5.32 Å². The van der Waals surface area contributed by atoms with E-state index in [1.807, 2.05) is 0 Å². The summed E-state index contributed by atoms with van der Waals surface area (Å²) in [5, 5.41) is 2.72. The molecule has 0 radical (unpaired) electrons. The van der Waals surface area contributed by atoms with Crippen LogP contribution in [0.4, 0.5) is 13.2 Å². The lowest BCUT2D eigenvalue weighted by molar-refractivity contribution is -0.184. The van der Waals surface area contributed by atoms with Crippen molar-refractivity contribution in [1.82, 2.24) is 5.32 Å². The van der Waals surface area contributed by atoms with E-state index in [0.29, 0.717) is 12.8 Å². The molecule has 0 unspecified atom stereocenters. The molecule has 1 rings (SSSR count). The first-order chi connectivity index (χ1) is 7.60. The zero-order chi connectivity index (χ0) is 13.3. The predicted octanol–water partition coefficient (Wildman–Crippen LogP) is 3.27. The summed E-state index contributed by atoms with van der Waals surface area (Å²) in [6.45, 7) is 5.27. The van der Waals surface area contributed by atoms with E-state index in [-0.39, 0.29) is 24.8 Å². The average molecular weight is 251 g/mol. The van der Waals surface area contributed by atoms with Crippen molar-refractivity contribution in [2.24, 2.45) is 11.3 Å². The molecule has 2 nitrogen and oxygen atoms in total. The van der Waals surface area contributed by atoms with Crippen molar-refractivity contribution in [2.45, 2.75) is 58.7 Å². The number of hydrogen-bond donors (Lipinski definition) is 1. The highest BCUT2D eigenvalue weighted by molar-refractivity contribution is 5.81. The van der Waals surface area contributed by atoms with Crippen molar-refractivity contribution < 1.29 is 18.0 Å². The molecule has 1 aliphatic carbocycles. The summed E-state index contributed by atoms with van der Waals surface area (Å²) in [5.41, 5.74) is -0.550. The molecule has 1 saturated carbocycles. The summed E-state index contributed by atoms with van der Waals surface area (Å²) in [5.74, 6) is -1.44. The fraction of sp³-hybridized carbons (Fsp3) is 0.917. The maximum Gasteiger partial charge on any atom is 0.391 e. The van der Waals surface area contributed by atoms with Crippen LogP contribution in [0.3, 0.4) is 0 Å². The first-order valence-electron chi connectivity index (χ1n) is 5.98. The van der Waals surface area contributed by atoms with Crippen LogP contribution >= 0.6 is 0 Å². The van der Waals surface area contributed by atoms with Gasteiger partial charge in [0.1, 0.15) is 0 Å². The highest BCUT2D eigenvalue weighted by atomic mass is 19.4. The van der Waals surface area contributed by atoms with Gasteiger partial charge in [-0.05, 0) is 19.3 Å². The van der Waals surface area contributed by atoms with E-state index in [1.54, 1.807) is 20.8 Å². The average Bonchev–Trinajstić information content (AvgIpc) is 2.15. The number of halogens is 3. The third-order valence-electron chi connectivity index (χ3n) is 3.15. The molecule has 0 heterocycles. The normalized spacial score (nSPS) is 26.7. The number of carbonyl (C=O) groups is 1. The Kier molecular flexibility index (Phi) is 4.10. The van der Waals surface area contributed by atoms with Gasteiger partial charge in [0, 0.05) is 11.5 Å². The van der Waals surface area contributed by atoms with Gasteiger partial charge in [0.2, 0.25) is 5.91 Å². The van der Waals surface area contributed by atoms with Gasteiger partial charge in [-0.25, -0.2) is 0 Å². The van der Waals surface area contributed by atoms with Crippen LogP contribution in [-0.4, -0.2) is 18.1 Å². The number of rotatable bonds is 1. The Morgan fingerprint density at radius 1 is 1.18 bits per heavy atom. The first kappa shape index (κ1) is 14.3. The van der Waals surface area contributed by atoms with Gasteiger partial charge in [-0.15, -0.1) is 0 Å². The quantitative estimate of drug-likeness (QED) is 0.761. The lowest BCUT2D eigenvalue weighted by Crippen LogP contribution is -2.45. The number of nitrogens with one attached hydrogen (secondary N) is 1. The number of hydrogen-bond acceptors (Lipinski definition) is 1. The van der Waals surface area contributed by atoms with Crippen LogP contribution in [0, 0.1) is 11.3 Å². The number of alkyl halides is 3. The molecule has 0 bridgehead atoms. The molecular weight excluding hydrogens is 231 g/mol. The third kappa shape index (κ3) is 4.21. The fourth-order valence-corrected chi connectivity index (χ4v) is 2.02. The maximum atomic E-state index is 12.6. The molecule has 0 aliphatic heterocycles. The minimum Gasteiger partial charge on any atom is -0.353 e. The molecule has 100 valence electrons. The van der Waals surface area contributed by atoms with E-state index in [2.05, 4.69) is 5.32 Å². The van der Waals surface area contributed by atoms with Gasteiger partial charge in [0.15, 0.2) is 0 Å². The van der Waals surface area contributed by atoms with Crippen LogP contribution in [0.5, 0.6) is 0 Å². The Morgan fingerprint density at radius 2 is 1.76 bits per heavy atom. The maximum absolute atomic E-state index is 12.6. The predicted molar refractivity (Wildman–Crippen MR) is 59.4 cm³/mol. The van der Waals surface area contributed by atoms with Crippen LogP contribution in [-0.2, 0) is 4.79 Å². The molecule has 1 aliphatic rings. The lowest BCUT2D eigenvalue weighted by Gasteiger charge is -2.32. The number of carbonyl (C=O) groups excluding carboxylic acids is 1. The molecule has 0 saturated heterocycles. The molecule has 2 atom stereocenters. The molecular formula is C12H20F3NO. The van der Waals surface area contributed by atoms with Crippen LogP contribution in [0.25, 0.3) is 0 Å². The van der Waals surface area contributed by atoms with E-state index in [1.165, 1.54) is 0 Å². The molecule has 0 aromatic rings. The monoisotopic (exact) mass is 251 g/mol. The fourth-order valence-electron chi connectivity index (χ4n) is 2.02. The van der Waals surface area contributed by atoms with E-state index in [4.69, 9.17) is 0 Å². The van der Waals surface area contributed by atoms with Gasteiger partial charge < -0.3 is 5.32 Å². The number of amides is 1. The Bertz CT molecular complexity index is 280. The highest BCUT2D eigenvalue weighted by Gasteiger charge is 2.42. The van der Waals surface area contributed by atoms with Gasteiger partial charge in [-0.3, -0.25) is 4.79 Å². The third-order valence-corrected chi connectivity index (χ3v) is 3.15. The Labute approximate surface area is 100.0 Å². The van der Waals surface area contributed by atoms with Crippen molar-refractivity contribution in [2.75, 3.05) is 0 Å². The zero-order valence-electron chi connectivity index (χ0n) is 10.5. The molecule has 0 aromatic heterocycles. The van der Waals surface area contributed by atoms with E-state index in [9.17, 15) is 18.0 Å². The smallest absolute Gasteiger partial charge is 0.353 e. The molecule has 0 spiro atoms.